The first-order chi connectivity index (χ1) is 14.0. The van der Waals surface area contributed by atoms with Gasteiger partial charge in [-0.15, -0.1) is 0 Å². The van der Waals surface area contributed by atoms with Crippen molar-refractivity contribution < 1.29 is 14.2 Å². The molecule has 1 N–H and O–H groups in total. The van der Waals surface area contributed by atoms with Gasteiger partial charge in [-0.05, 0) is 41.4 Å². The quantitative estimate of drug-likeness (QED) is 0.452. The number of rotatable bonds is 7. The molecule has 7 nitrogen and oxygen atoms in total. The molecule has 2 aromatic carbocycles. The van der Waals surface area contributed by atoms with E-state index in [4.69, 9.17) is 26.4 Å². The van der Waals surface area contributed by atoms with Crippen LogP contribution in [0.5, 0.6) is 17.2 Å². The zero-order valence-electron chi connectivity index (χ0n) is 17.1. The number of hydrogen-bond donors (Lipinski definition) is 1. The Hall–Kier alpha value is -3.13. The van der Waals surface area contributed by atoms with E-state index in [2.05, 4.69) is 41.3 Å². The van der Waals surface area contributed by atoms with Crippen LogP contribution in [0.4, 0.5) is 0 Å². The van der Waals surface area contributed by atoms with Crippen LogP contribution in [0.15, 0.2) is 41.5 Å². The van der Waals surface area contributed by atoms with Crippen molar-refractivity contribution in [2.45, 2.75) is 19.8 Å². The highest BCUT2D eigenvalue weighted by Gasteiger charge is 2.17. The topological polar surface area (TPSA) is 73.7 Å². The van der Waals surface area contributed by atoms with Crippen LogP contribution in [-0.4, -0.2) is 42.4 Å². The Morgan fingerprint density at radius 2 is 1.66 bits per heavy atom. The normalized spacial score (nSPS) is 11.2. The van der Waals surface area contributed by atoms with Crippen molar-refractivity contribution in [3.63, 3.8) is 0 Å². The number of hydrogen-bond acceptors (Lipinski definition) is 6. The summed E-state index contributed by atoms with van der Waals surface area (Å²) in [5.74, 6) is 2.57. The van der Waals surface area contributed by atoms with Crippen LogP contribution in [0, 0.1) is 4.77 Å². The molecule has 0 bridgehead atoms. The van der Waals surface area contributed by atoms with Gasteiger partial charge >= 0.3 is 0 Å². The summed E-state index contributed by atoms with van der Waals surface area (Å²) in [6.07, 6.45) is 1.75. The van der Waals surface area contributed by atoms with Gasteiger partial charge in [-0.2, -0.15) is 14.9 Å². The highest BCUT2D eigenvalue weighted by molar-refractivity contribution is 7.71. The van der Waals surface area contributed by atoms with E-state index in [-0.39, 0.29) is 0 Å². The monoisotopic (exact) mass is 412 g/mol. The molecule has 0 aliphatic heterocycles. The summed E-state index contributed by atoms with van der Waals surface area (Å²) in [7, 11) is 4.69. The van der Waals surface area contributed by atoms with E-state index < -0.39 is 0 Å². The molecule has 0 aliphatic rings. The second-order valence-corrected chi connectivity index (χ2v) is 7.03. The number of aromatic amines is 1. The Bertz CT molecular complexity index is 1040. The molecule has 3 aromatic rings. The molecule has 152 valence electrons. The van der Waals surface area contributed by atoms with Gasteiger partial charge in [-0.1, -0.05) is 38.1 Å². The minimum atomic E-state index is 0.379. The molecule has 0 amide bonds. The van der Waals surface area contributed by atoms with Crippen molar-refractivity contribution >= 4 is 18.4 Å². The van der Waals surface area contributed by atoms with Crippen LogP contribution < -0.4 is 14.2 Å². The number of aromatic nitrogens is 3. The van der Waals surface area contributed by atoms with Crippen LogP contribution in [-0.2, 0) is 0 Å². The fourth-order valence-electron chi connectivity index (χ4n) is 2.89. The van der Waals surface area contributed by atoms with E-state index >= 15 is 0 Å². The smallest absolute Gasteiger partial charge is 0.216 e. The first kappa shape index (κ1) is 20.6. The van der Waals surface area contributed by atoms with Crippen molar-refractivity contribution in [1.29, 1.82) is 0 Å². The summed E-state index contributed by atoms with van der Waals surface area (Å²) in [5.41, 5.74) is 2.97. The highest BCUT2D eigenvalue weighted by atomic mass is 32.1. The van der Waals surface area contributed by atoms with E-state index in [9.17, 15) is 0 Å². The Labute approximate surface area is 174 Å². The summed E-state index contributed by atoms with van der Waals surface area (Å²) in [5, 5.41) is 11.6. The van der Waals surface area contributed by atoms with Gasteiger partial charge in [-0.25, -0.2) is 5.10 Å². The summed E-state index contributed by atoms with van der Waals surface area (Å²) in [6, 6.07) is 11.9. The van der Waals surface area contributed by atoms with Gasteiger partial charge < -0.3 is 14.2 Å². The SMILES string of the molecule is COc1cc(-c2n[nH]c(=S)n2/N=C/c2ccc(C(C)C)cc2)cc(OC)c1OC. The van der Waals surface area contributed by atoms with Gasteiger partial charge in [0.15, 0.2) is 17.3 Å². The van der Waals surface area contributed by atoms with E-state index in [1.165, 1.54) is 5.56 Å². The van der Waals surface area contributed by atoms with E-state index in [1.54, 1.807) is 44.4 Å². The number of nitrogens with one attached hydrogen (secondary N) is 1. The molecule has 0 saturated heterocycles. The average molecular weight is 413 g/mol. The standard InChI is InChI=1S/C21H24N4O3S/c1-13(2)15-8-6-14(7-9-15)12-22-25-20(23-24-21(25)29)16-10-17(26-3)19(28-5)18(11-16)27-4/h6-13H,1-5H3,(H,24,29)/b22-12+. The number of nitrogens with zero attached hydrogens (tertiary/aromatic N) is 3. The molecule has 0 unspecified atom stereocenters. The lowest BCUT2D eigenvalue weighted by Crippen LogP contribution is -1.99. The van der Waals surface area contributed by atoms with Crippen molar-refractivity contribution in [3.05, 3.63) is 52.3 Å². The summed E-state index contributed by atoms with van der Waals surface area (Å²) >= 11 is 5.36. The van der Waals surface area contributed by atoms with E-state index in [1.807, 2.05) is 12.1 Å². The Morgan fingerprint density at radius 3 is 2.17 bits per heavy atom. The molecule has 29 heavy (non-hydrogen) atoms. The molecule has 3 rings (SSSR count). The predicted molar refractivity (Wildman–Crippen MR) is 116 cm³/mol. The third-order valence-corrected chi connectivity index (χ3v) is 4.76. The first-order valence-electron chi connectivity index (χ1n) is 9.10. The van der Waals surface area contributed by atoms with Gasteiger partial charge in [0, 0.05) is 5.56 Å². The maximum absolute atomic E-state index is 5.43. The lowest BCUT2D eigenvalue weighted by Gasteiger charge is -2.13. The second-order valence-electron chi connectivity index (χ2n) is 6.64. The van der Waals surface area contributed by atoms with Gasteiger partial charge in [-0.3, -0.25) is 0 Å². The Morgan fingerprint density at radius 1 is 1.03 bits per heavy atom. The van der Waals surface area contributed by atoms with Crippen LogP contribution >= 0.6 is 12.2 Å². The minimum Gasteiger partial charge on any atom is -0.493 e. The molecule has 0 fully saturated rings. The van der Waals surface area contributed by atoms with Gasteiger partial charge in [0.25, 0.3) is 0 Å². The number of H-pyrrole nitrogens is 1. The first-order valence-corrected chi connectivity index (χ1v) is 9.51. The highest BCUT2D eigenvalue weighted by Crippen LogP contribution is 2.40. The lowest BCUT2D eigenvalue weighted by molar-refractivity contribution is 0.324. The number of benzene rings is 2. The lowest BCUT2D eigenvalue weighted by atomic mass is 10.0. The molecule has 0 saturated carbocycles. The fourth-order valence-corrected chi connectivity index (χ4v) is 3.07. The minimum absolute atomic E-state index is 0.379. The largest absolute Gasteiger partial charge is 0.493 e. The molecule has 0 radical (unpaired) electrons. The molecule has 0 aliphatic carbocycles. The third kappa shape index (κ3) is 4.32. The molecule has 1 heterocycles. The zero-order chi connectivity index (χ0) is 21.0. The van der Waals surface area contributed by atoms with E-state index in [0.717, 1.165) is 11.1 Å². The summed E-state index contributed by atoms with van der Waals surface area (Å²) < 4.78 is 18.2. The van der Waals surface area contributed by atoms with Crippen LogP contribution in [0.2, 0.25) is 0 Å². The molecule has 1 aromatic heterocycles. The van der Waals surface area contributed by atoms with Crippen molar-refractivity contribution in [2.24, 2.45) is 5.10 Å². The maximum Gasteiger partial charge on any atom is 0.216 e. The second kappa shape index (κ2) is 8.91. The van der Waals surface area contributed by atoms with Gasteiger partial charge in [0.2, 0.25) is 10.5 Å². The predicted octanol–water partition coefficient (Wildman–Crippen LogP) is 4.64. The van der Waals surface area contributed by atoms with Crippen molar-refractivity contribution in [3.8, 4) is 28.6 Å². The maximum atomic E-state index is 5.43. The van der Waals surface area contributed by atoms with Crippen LogP contribution in [0.25, 0.3) is 11.4 Å². The van der Waals surface area contributed by atoms with E-state index in [0.29, 0.717) is 33.8 Å². The van der Waals surface area contributed by atoms with Crippen LogP contribution in [0.1, 0.15) is 30.9 Å². The molecular formula is C21H24N4O3S. The molecule has 0 atom stereocenters. The summed E-state index contributed by atoms with van der Waals surface area (Å²) in [4.78, 5) is 0. The Balaban J connectivity index is 2.01. The van der Waals surface area contributed by atoms with Crippen molar-refractivity contribution in [1.82, 2.24) is 14.9 Å². The third-order valence-electron chi connectivity index (χ3n) is 4.50. The number of ether oxygens (including phenoxy) is 3. The van der Waals surface area contributed by atoms with Crippen molar-refractivity contribution in [2.75, 3.05) is 21.3 Å². The zero-order valence-corrected chi connectivity index (χ0v) is 17.9. The fraction of sp³-hybridized carbons (Fsp3) is 0.286. The average Bonchev–Trinajstić information content (AvgIpc) is 3.11. The Kier molecular flexibility index (Phi) is 6.33. The van der Waals surface area contributed by atoms with Crippen LogP contribution in [0.3, 0.4) is 0 Å². The number of methoxy groups -OCH3 is 3. The summed E-state index contributed by atoms with van der Waals surface area (Å²) in [6.45, 7) is 4.33. The molecule has 0 spiro atoms. The molecule has 8 heteroatoms. The van der Waals surface area contributed by atoms with Gasteiger partial charge in [0.05, 0.1) is 27.5 Å². The molecular weight excluding hydrogens is 388 g/mol. The van der Waals surface area contributed by atoms with Gasteiger partial charge in [0.1, 0.15) is 0 Å².